The highest BCUT2D eigenvalue weighted by atomic mass is 16.6. The maximum absolute atomic E-state index is 12.1. The molecule has 0 spiro atoms. The van der Waals surface area contributed by atoms with Crippen molar-refractivity contribution in [1.29, 1.82) is 0 Å². The predicted molar refractivity (Wildman–Crippen MR) is 85.7 cm³/mol. The van der Waals surface area contributed by atoms with Gasteiger partial charge in [0.05, 0.1) is 6.33 Å². The molecule has 1 fully saturated rings. The first kappa shape index (κ1) is 16.8. The number of likely N-dealkylation sites (tertiary alicyclic amines) is 1. The van der Waals surface area contributed by atoms with E-state index in [0.717, 1.165) is 51.0 Å². The molecule has 22 heavy (non-hydrogen) atoms. The molecular weight excluding hydrogens is 280 g/mol. The van der Waals surface area contributed by atoms with Gasteiger partial charge in [-0.25, -0.2) is 9.78 Å². The lowest BCUT2D eigenvalue weighted by molar-refractivity contribution is 0.0256. The molecule has 2 N–H and O–H groups in total. The molecule has 0 bridgehead atoms. The summed E-state index contributed by atoms with van der Waals surface area (Å²) in [5.74, 6) is 0. The lowest BCUT2D eigenvalue weighted by atomic mass is 10.1. The molecule has 0 aromatic carbocycles. The number of carbonyl (C=O) groups is 1. The first-order valence-corrected chi connectivity index (χ1v) is 8.12. The van der Waals surface area contributed by atoms with Gasteiger partial charge in [0.1, 0.15) is 5.60 Å². The van der Waals surface area contributed by atoms with Crippen LogP contribution in [0.25, 0.3) is 0 Å². The van der Waals surface area contributed by atoms with Crippen LogP contribution in [0.15, 0.2) is 12.5 Å². The van der Waals surface area contributed by atoms with E-state index in [9.17, 15) is 4.79 Å². The van der Waals surface area contributed by atoms with Gasteiger partial charge in [0.15, 0.2) is 0 Å². The van der Waals surface area contributed by atoms with Crippen LogP contribution in [-0.4, -0.2) is 52.2 Å². The van der Waals surface area contributed by atoms with Crippen molar-refractivity contribution in [3.8, 4) is 0 Å². The molecule has 0 saturated carbocycles. The minimum Gasteiger partial charge on any atom is -0.444 e. The average Bonchev–Trinajstić information content (AvgIpc) is 2.81. The third-order valence-corrected chi connectivity index (χ3v) is 3.76. The zero-order valence-corrected chi connectivity index (χ0v) is 13.9. The van der Waals surface area contributed by atoms with Gasteiger partial charge in [0.2, 0.25) is 0 Å². The van der Waals surface area contributed by atoms with Gasteiger partial charge >= 0.3 is 6.09 Å². The van der Waals surface area contributed by atoms with E-state index in [2.05, 4.69) is 15.3 Å². The first-order valence-electron chi connectivity index (χ1n) is 8.12. The van der Waals surface area contributed by atoms with Crippen LogP contribution in [0.4, 0.5) is 4.79 Å². The molecule has 6 nitrogen and oxygen atoms in total. The van der Waals surface area contributed by atoms with Crippen molar-refractivity contribution in [2.75, 3.05) is 19.6 Å². The molecule has 1 atom stereocenters. The van der Waals surface area contributed by atoms with Crippen LogP contribution in [0.2, 0.25) is 0 Å². The van der Waals surface area contributed by atoms with Gasteiger partial charge < -0.3 is 19.9 Å². The molecule has 2 heterocycles. The minimum atomic E-state index is -0.425. The van der Waals surface area contributed by atoms with Crippen LogP contribution in [0.3, 0.4) is 0 Å². The Morgan fingerprint density at radius 3 is 2.95 bits per heavy atom. The number of rotatable bonds is 4. The van der Waals surface area contributed by atoms with E-state index in [-0.39, 0.29) is 6.09 Å². The van der Waals surface area contributed by atoms with Crippen LogP contribution >= 0.6 is 0 Å². The Balaban J connectivity index is 1.71. The highest BCUT2D eigenvalue weighted by molar-refractivity contribution is 5.68. The van der Waals surface area contributed by atoms with E-state index in [1.807, 2.05) is 31.9 Å². The molecule has 2 rings (SSSR count). The van der Waals surface area contributed by atoms with Crippen LogP contribution in [0.5, 0.6) is 0 Å². The van der Waals surface area contributed by atoms with Crippen molar-refractivity contribution in [2.24, 2.45) is 0 Å². The van der Waals surface area contributed by atoms with Crippen LogP contribution < -0.4 is 5.32 Å². The van der Waals surface area contributed by atoms with Crippen LogP contribution in [0, 0.1) is 0 Å². The number of amides is 1. The number of aromatic nitrogens is 2. The van der Waals surface area contributed by atoms with Gasteiger partial charge in [-0.3, -0.25) is 0 Å². The lowest BCUT2D eigenvalue weighted by Gasteiger charge is -2.26. The number of nitrogens with zero attached hydrogens (tertiary/aromatic N) is 2. The molecule has 124 valence electrons. The monoisotopic (exact) mass is 308 g/mol. The van der Waals surface area contributed by atoms with Gasteiger partial charge in [0.25, 0.3) is 0 Å². The summed E-state index contributed by atoms with van der Waals surface area (Å²) in [6.45, 7) is 8.19. The number of H-pyrrole nitrogens is 1. The van der Waals surface area contributed by atoms with Crippen molar-refractivity contribution in [3.63, 3.8) is 0 Å². The van der Waals surface area contributed by atoms with Gasteiger partial charge in [-0.2, -0.15) is 0 Å². The second kappa shape index (κ2) is 7.63. The van der Waals surface area contributed by atoms with Crippen LogP contribution in [0.1, 0.15) is 45.7 Å². The third kappa shape index (κ3) is 5.67. The number of aromatic amines is 1. The summed E-state index contributed by atoms with van der Waals surface area (Å²) < 4.78 is 5.45. The normalized spacial score (nSPS) is 19.8. The molecule has 1 saturated heterocycles. The topological polar surface area (TPSA) is 70.2 Å². The Bertz CT molecular complexity index is 453. The number of ether oxygens (including phenoxy) is 1. The van der Waals surface area contributed by atoms with Gasteiger partial charge in [-0.15, -0.1) is 0 Å². The predicted octanol–water partition coefficient (Wildman–Crippen LogP) is 2.33. The summed E-state index contributed by atoms with van der Waals surface area (Å²) in [7, 11) is 0. The summed E-state index contributed by atoms with van der Waals surface area (Å²) in [5.41, 5.74) is 0.724. The lowest BCUT2D eigenvalue weighted by Crippen LogP contribution is -2.38. The number of hydrogen-bond donors (Lipinski definition) is 2. The van der Waals surface area contributed by atoms with E-state index in [1.165, 1.54) is 0 Å². The Morgan fingerprint density at radius 1 is 1.45 bits per heavy atom. The van der Waals surface area contributed by atoms with Gasteiger partial charge in [0, 0.05) is 44.0 Å². The second-order valence-electron chi connectivity index (χ2n) is 6.88. The zero-order valence-electron chi connectivity index (χ0n) is 13.9. The number of nitrogens with one attached hydrogen (secondary N) is 2. The molecule has 1 aromatic heterocycles. The number of hydrogen-bond acceptors (Lipinski definition) is 4. The third-order valence-electron chi connectivity index (χ3n) is 3.76. The maximum atomic E-state index is 12.1. The van der Waals surface area contributed by atoms with E-state index in [4.69, 9.17) is 4.74 Å². The minimum absolute atomic E-state index is 0.189. The largest absolute Gasteiger partial charge is 0.444 e. The molecule has 0 radical (unpaired) electrons. The van der Waals surface area contributed by atoms with Crippen molar-refractivity contribution >= 4 is 6.09 Å². The van der Waals surface area contributed by atoms with Crippen molar-refractivity contribution < 1.29 is 9.53 Å². The van der Waals surface area contributed by atoms with Crippen LogP contribution in [-0.2, 0) is 11.2 Å². The van der Waals surface area contributed by atoms with E-state index >= 15 is 0 Å². The fourth-order valence-corrected chi connectivity index (χ4v) is 2.64. The highest BCUT2D eigenvalue weighted by Crippen LogP contribution is 2.15. The second-order valence-corrected chi connectivity index (χ2v) is 6.88. The summed E-state index contributed by atoms with van der Waals surface area (Å²) >= 11 is 0. The summed E-state index contributed by atoms with van der Waals surface area (Å²) in [6.07, 6.45) is 7.42. The zero-order chi connectivity index (χ0) is 16.0. The quantitative estimate of drug-likeness (QED) is 0.895. The molecular formula is C16H28N4O2. The summed E-state index contributed by atoms with van der Waals surface area (Å²) in [4.78, 5) is 21.1. The molecule has 1 amide bonds. The smallest absolute Gasteiger partial charge is 0.410 e. The molecule has 6 heteroatoms. The summed E-state index contributed by atoms with van der Waals surface area (Å²) in [5, 5.41) is 3.58. The van der Waals surface area contributed by atoms with E-state index < -0.39 is 5.60 Å². The average molecular weight is 308 g/mol. The molecule has 1 aromatic rings. The van der Waals surface area contributed by atoms with E-state index in [1.54, 1.807) is 6.33 Å². The first-order chi connectivity index (χ1) is 10.4. The number of imidazole rings is 1. The fourth-order valence-electron chi connectivity index (χ4n) is 2.64. The van der Waals surface area contributed by atoms with Crippen molar-refractivity contribution in [1.82, 2.24) is 20.2 Å². The SMILES string of the molecule is CC(C)(C)OC(=O)N1CCCC(NCCc2cnc[nH]2)CC1. The molecule has 1 aliphatic rings. The Kier molecular flexibility index (Phi) is 5.83. The van der Waals surface area contributed by atoms with E-state index in [0.29, 0.717) is 6.04 Å². The molecule has 0 aliphatic carbocycles. The fraction of sp³-hybridized carbons (Fsp3) is 0.750. The van der Waals surface area contributed by atoms with Crippen molar-refractivity contribution in [2.45, 2.75) is 58.1 Å². The Labute approximate surface area is 132 Å². The van der Waals surface area contributed by atoms with Gasteiger partial charge in [-0.05, 0) is 40.0 Å². The molecule has 1 unspecified atom stereocenters. The van der Waals surface area contributed by atoms with Crippen molar-refractivity contribution in [3.05, 3.63) is 18.2 Å². The number of carbonyl (C=O) groups excluding carboxylic acids is 1. The highest BCUT2D eigenvalue weighted by Gasteiger charge is 2.24. The Hall–Kier alpha value is -1.56. The summed E-state index contributed by atoms with van der Waals surface area (Å²) in [6, 6.07) is 0.468. The Morgan fingerprint density at radius 2 is 2.27 bits per heavy atom. The standard InChI is InChI=1S/C16H28N4O2/c1-16(2,3)22-15(21)20-9-4-5-13(7-10-20)18-8-6-14-11-17-12-19-14/h11-13,18H,4-10H2,1-3H3,(H,17,19). The maximum Gasteiger partial charge on any atom is 0.410 e. The van der Waals surface area contributed by atoms with Gasteiger partial charge in [-0.1, -0.05) is 0 Å². The molecule has 1 aliphatic heterocycles.